The summed E-state index contributed by atoms with van der Waals surface area (Å²) < 4.78 is 50.5. The van der Waals surface area contributed by atoms with Crippen LogP contribution in [0.25, 0.3) is 39.0 Å². The van der Waals surface area contributed by atoms with Crippen molar-refractivity contribution in [3.8, 4) is 17.2 Å². The van der Waals surface area contributed by atoms with Crippen molar-refractivity contribution in [2.75, 3.05) is 13.2 Å². The molecule has 0 radical (unpaired) electrons. The molecular weight excluding hydrogens is 901 g/mol. The van der Waals surface area contributed by atoms with E-state index in [1.165, 1.54) is 33.8 Å². The van der Waals surface area contributed by atoms with E-state index in [-0.39, 0.29) is 46.6 Å². The fourth-order valence-corrected chi connectivity index (χ4v) is 12.2. The molecule has 5 aromatic heterocycles. The van der Waals surface area contributed by atoms with E-state index in [0.717, 1.165) is 35.7 Å². The van der Waals surface area contributed by atoms with Gasteiger partial charge in [0.05, 0.1) is 45.8 Å². The van der Waals surface area contributed by atoms with E-state index in [0.29, 0.717) is 71.1 Å². The lowest BCUT2D eigenvalue weighted by molar-refractivity contribution is -0.157. The van der Waals surface area contributed by atoms with Crippen LogP contribution in [0.1, 0.15) is 110 Å². The van der Waals surface area contributed by atoms with E-state index in [1.807, 2.05) is 30.5 Å². The van der Waals surface area contributed by atoms with E-state index in [4.69, 9.17) is 14.4 Å². The number of halogens is 2. The van der Waals surface area contributed by atoms with Crippen molar-refractivity contribution < 1.29 is 27.6 Å². The van der Waals surface area contributed by atoms with Crippen LogP contribution >= 0.6 is 0 Å². The van der Waals surface area contributed by atoms with Crippen molar-refractivity contribution in [2.45, 2.75) is 102 Å². The fourth-order valence-electron chi connectivity index (χ4n) is 12.2. The predicted octanol–water partition coefficient (Wildman–Crippen LogP) is 7.00. The minimum Gasteiger partial charge on any atom is -0.376 e. The second kappa shape index (κ2) is 15.0. The van der Waals surface area contributed by atoms with Crippen LogP contribution in [0.15, 0.2) is 81.2 Å². The monoisotopic (exact) mass is 951 g/mol. The molecule has 8 aromatic rings. The Labute approximate surface area is 398 Å². The second-order valence-corrected chi connectivity index (χ2v) is 20.4. The van der Waals surface area contributed by atoms with Crippen molar-refractivity contribution in [3.63, 3.8) is 0 Å². The first-order valence-electron chi connectivity index (χ1n) is 23.7. The summed E-state index contributed by atoms with van der Waals surface area (Å²) in [6.07, 6.45) is 7.90. The number of carbonyl (C=O) groups excluding carboxylic acids is 2. The number of amides is 2. The van der Waals surface area contributed by atoms with Crippen LogP contribution in [0.3, 0.4) is 0 Å². The van der Waals surface area contributed by atoms with Crippen LogP contribution in [-0.4, -0.2) is 89.9 Å². The Bertz CT molecular complexity index is 3620. The van der Waals surface area contributed by atoms with E-state index < -0.39 is 40.4 Å². The van der Waals surface area contributed by atoms with Gasteiger partial charge in [0.1, 0.15) is 28.5 Å². The number of nitrogens with zero attached hydrogens (tertiary/aromatic N) is 10. The number of likely N-dealkylation sites (tertiary alicyclic amines) is 1. The minimum atomic E-state index is -1.18. The molecule has 360 valence electrons. The van der Waals surface area contributed by atoms with Crippen LogP contribution < -0.4 is 11.4 Å². The lowest BCUT2D eigenvalue weighted by Gasteiger charge is -2.60. The summed E-state index contributed by atoms with van der Waals surface area (Å²) in [5.41, 5.74) is 1.88. The Morgan fingerprint density at radius 2 is 1.70 bits per heavy atom. The van der Waals surface area contributed by atoms with Gasteiger partial charge in [-0.2, -0.15) is 10.2 Å². The molecule has 3 fully saturated rings. The smallest absolute Gasteiger partial charge is 0.376 e. The van der Waals surface area contributed by atoms with Gasteiger partial charge in [-0.05, 0) is 125 Å². The number of hydrogen-bond acceptors (Lipinski definition) is 9. The highest BCUT2D eigenvalue weighted by atomic mass is 19.1. The molecule has 19 heteroatoms. The van der Waals surface area contributed by atoms with Gasteiger partial charge in [0.15, 0.2) is 11.6 Å². The fraction of sp³-hybridized carbons (Fsp3) is 0.392. The molecule has 0 bridgehead atoms. The quantitative estimate of drug-likeness (QED) is 0.157. The third-order valence-electron chi connectivity index (χ3n) is 15.8. The number of aryl methyl sites for hydroxylation is 3. The summed E-state index contributed by atoms with van der Waals surface area (Å²) in [7, 11) is 1.71. The van der Waals surface area contributed by atoms with Crippen LogP contribution in [0.4, 0.5) is 8.78 Å². The van der Waals surface area contributed by atoms with Crippen LogP contribution in [0, 0.1) is 31.4 Å². The molecule has 1 N–H and O–H groups in total. The van der Waals surface area contributed by atoms with Crippen molar-refractivity contribution in [2.24, 2.45) is 13.0 Å². The van der Waals surface area contributed by atoms with E-state index >= 15 is 13.6 Å². The zero-order valence-corrected chi connectivity index (χ0v) is 39.8. The van der Waals surface area contributed by atoms with Crippen LogP contribution in [-0.2, 0) is 28.5 Å². The van der Waals surface area contributed by atoms with Gasteiger partial charge in [-0.1, -0.05) is 18.1 Å². The lowest BCUT2D eigenvalue weighted by Crippen LogP contribution is -2.72. The largest absolute Gasteiger partial charge is 0.438 e. The molecule has 5 atom stereocenters. The van der Waals surface area contributed by atoms with Gasteiger partial charge in [-0.15, -0.1) is 0 Å². The summed E-state index contributed by atoms with van der Waals surface area (Å²) in [5.74, 6) is -1.43. The Kier molecular flexibility index (Phi) is 9.42. The number of rotatable bonds is 8. The molecule has 3 aliphatic heterocycles. The highest BCUT2D eigenvalue weighted by Crippen LogP contribution is 2.57. The number of carbonyl (C=O) groups is 2. The van der Waals surface area contributed by atoms with Gasteiger partial charge >= 0.3 is 11.4 Å². The van der Waals surface area contributed by atoms with E-state index in [9.17, 15) is 14.4 Å². The first-order valence-corrected chi connectivity index (χ1v) is 23.7. The van der Waals surface area contributed by atoms with Crippen molar-refractivity contribution in [1.82, 2.24) is 53.2 Å². The lowest BCUT2D eigenvalue weighted by atomic mass is 9.80. The van der Waals surface area contributed by atoms with Gasteiger partial charge in [-0.25, -0.2) is 23.1 Å². The summed E-state index contributed by atoms with van der Waals surface area (Å²) in [4.78, 5) is 63.0. The molecule has 12 rings (SSSR count). The van der Waals surface area contributed by atoms with Crippen molar-refractivity contribution in [3.05, 3.63) is 139 Å². The molecule has 8 heterocycles. The Balaban J connectivity index is 1.06. The number of fused-ring (bicyclic) bond motifs is 3. The molecule has 1 unspecified atom stereocenters. The van der Waals surface area contributed by atoms with Gasteiger partial charge in [0, 0.05) is 61.9 Å². The molecule has 17 nitrogen and oxygen atoms in total. The normalized spacial score (nSPS) is 23.9. The molecule has 70 heavy (non-hydrogen) atoms. The minimum absolute atomic E-state index is 0.00533. The zero-order valence-electron chi connectivity index (χ0n) is 39.8. The molecule has 1 aliphatic carbocycles. The molecule has 1 saturated carbocycles. The summed E-state index contributed by atoms with van der Waals surface area (Å²) in [6.45, 7) is 12.4. The molecule has 2 amide bonds. The maximum Gasteiger partial charge on any atom is 0.438 e. The van der Waals surface area contributed by atoms with Gasteiger partial charge in [0.25, 0.3) is 5.91 Å². The number of nitrogens with one attached hydrogen (secondary N) is 1. The standard InChI is InChI=1S/C51H51F2N11O6/c1-27-18-34(19-28(2)42(27)52)64-44(61-16-15-60(48(61)68)39-11-10-38-35(43(39)53)25-54-58(38)7)41-30(4)62(50(24-36(41)56-64)13-14-59(50)26-65)45(66)40-21-33-20-31(32-12-17-69-49(5,6)23-32)8-9-37(33)63(40)51(22-29(51)3)46-55-47(67)70-57-46/h8-11,15-16,18-21,25-26,29-30,32H,12-14,17,22-24H2,1-7H3,(H,55,57,67)/t29-,30-,32-,50?,51-/m0/s1. The molecule has 2 saturated heterocycles. The number of aromatic amines is 1. The molecule has 3 aromatic carbocycles. The molecular formula is C51H51F2N11O6. The number of hydrogen-bond donors (Lipinski definition) is 1. The topological polar surface area (TPSA) is 176 Å². The third kappa shape index (κ3) is 6.11. The zero-order chi connectivity index (χ0) is 48.9. The summed E-state index contributed by atoms with van der Waals surface area (Å²) >= 11 is 0. The Hall–Kier alpha value is -7.41. The van der Waals surface area contributed by atoms with Crippen molar-refractivity contribution in [1.29, 1.82) is 0 Å². The maximum absolute atomic E-state index is 16.3. The van der Waals surface area contributed by atoms with Gasteiger partial charge in [-0.3, -0.25) is 32.9 Å². The van der Waals surface area contributed by atoms with Crippen LogP contribution in [0.2, 0.25) is 0 Å². The number of imidazole rings is 1. The van der Waals surface area contributed by atoms with Gasteiger partial charge in [0.2, 0.25) is 6.41 Å². The SMILES string of the molecule is Cc1cc(-n2nc3c(c2-n2ccn(-c4ccc5c(cnn5C)c4F)c2=O)[C@H](C)N(C(=O)c2cc4cc([C@H]5CCOC(C)(C)C5)ccc4n2[C@@]2(c4noc(=O)[nH]4)C[C@@H]2C)C2(CCN2C=O)C3)cc(C)c1F. The summed E-state index contributed by atoms with van der Waals surface area (Å²) in [5, 5.41) is 14.6. The number of H-pyrrole nitrogens is 1. The highest BCUT2D eigenvalue weighted by molar-refractivity contribution is 6.00. The highest BCUT2D eigenvalue weighted by Gasteiger charge is 2.61. The summed E-state index contributed by atoms with van der Waals surface area (Å²) in [6, 6.07) is 13.8. The van der Waals surface area contributed by atoms with Crippen LogP contribution in [0.5, 0.6) is 0 Å². The first kappa shape index (κ1) is 43.8. The number of ether oxygens (including phenoxy) is 1. The molecule has 4 aliphatic rings. The maximum atomic E-state index is 16.3. The van der Waals surface area contributed by atoms with Crippen molar-refractivity contribution >= 4 is 34.1 Å². The Morgan fingerprint density at radius 3 is 2.37 bits per heavy atom. The average molecular weight is 952 g/mol. The Morgan fingerprint density at radius 1 is 0.957 bits per heavy atom. The number of benzene rings is 3. The third-order valence-corrected chi connectivity index (χ3v) is 15.8. The predicted molar refractivity (Wildman–Crippen MR) is 252 cm³/mol. The average Bonchev–Trinajstić information content (AvgIpc) is 3.95. The molecule has 1 spiro atoms. The second-order valence-electron chi connectivity index (χ2n) is 20.4. The van der Waals surface area contributed by atoms with E-state index in [2.05, 4.69) is 41.2 Å². The first-order chi connectivity index (χ1) is 33.5. The number of aromatic nitrogens is 9. The van der Waals surface area contributed by atoms with E-state index in [1.54, 1.807) is 58.3 Å². The van der Waals surface area contributed by atoms with Gasteiger partial charge < -0.3 is 19.1 Å².